The molecule has 6 heteroatoms. The van der Waals surface area contributed by atoms with E-state index in [1.165, 1.54) is 17.5 Å². The second-order valence-corrected chi connectivity index (χ2v) is 9.11. The number of hydrazine groups is 1. The Bertz CT molecular complexity index is 934. The Morgan fingerprint density at radius 3 is 2.70 bits per heavy atom. The Labute approximate surface area is 188 Å². The molecule has 1 aliphatic rings. The fourth-order valence-corrected chi connectivity index (χ4v) is 4.79. The molecule has 0 unspecified atom stereocenters. The summed E-state index contributed by atoms with van der Waals surface area (Å²) in [6.07, 6.45) is 11.8. The molecule has 0 radical (unpaired) electrons. The highest BCUT2D eigenvalue weighted by Gasteiger charge is 2.10. The van der Waals surface area contributed by atoms with Gasteiger partial charge in [-0.25, -0.2) is 10.8 Å². The second kappa shape index (κ2) is 11.3. The summed E-state index contributed by atoms with van der Waals surface area (Å²) in [5, 5.41) is 1.68. The van der Waals surface area contributed by atoms with Crippen molar-refractivity contribution >= 4 is 39.3 Å². The van der Waals surface area contributed by atoms with Crippen LogP contribution in [0.4, 0.5) is 11.4 Å². The van der Waals surface area contributed by atoms with Crippen molar-refractivity contribution < 1.29 is 4.74 Å². The Kier molecular flexibility index (Phi) is 8.49. The van der Waals surface area contributed by atoms with Gasteiger partial charge >= 0.3 is 0 Å². The molecule has 0 aromatic heterocycles. The number of nitrogens with two attached hydrogens (primary N) is 1. The minimum absolute atomic E-state index is 0.824. The lowest BCUT2D eigenvalue weighted by molar-refractivity contribution is 0.442. The van der Waals surface area contributed by atoms with Crippen LogP contribution in [0, 0.1) is 6.92 Å². The lowest BCUT2D eigenvalue weighted by Crippen LogP contribution is -2.26. The molecule has 0 heterocycles. The maximum Gasteiger partial charge on any atom is 0.130 e. The topological polar surface area (TPSA) is 50.8 Å². The zero-order valence-corrected chi connectivity index (χ0v) is 19.4. The first-order valence-corrected chi connectivity index (χ1v) is 12.2. The van der Waals surface area contributed by atoms with Gasteiger partial charge in [-0.3, -0.25) is 0 Å². The highest BCUT2D eigenvalue weighted by molar-refractivity contribution is 8.38. The van der Waals surface area contributed by atoms with Crippen molar-refractivity contribution in [3.8, 4) is 5.75 Å². The lowest BCUT2D eigenvalue weighted by atomic mass is 10.1. The number of hydrogen-bond acceptors (Lipinski definition) is 6. The van der Waals surface area contributed by atoms with Gasteiger partial charge in [0, 0.05) is 12.8 Å². The van der Waals surface area contributed by atoms with E-state index in [1.807, 2.05) is 37.4 Å². The minimum Gasteiger partial charge on any atom is -0.458 e. The van der Waals surface area contributed by atoms with Gasteiger partial charge in [0.1, 0.15) is 15.9 Å². The molecule has 30 heavy (non-hydrogen) atoms. The molecule has 0 fully saturated rings. The molecular weight excluding hydrogens is 410 g/mol. The zero-order chi connectivity index (χ0) is 21.3. The zero-order valence-electron chi connectivity index (χ0n) is 17.8. The van der Waals surface area contributed by atoms with Crippen molar-refractivity contribution in [1.82, 2.24) is 0 Å². The van der Waals surface area contributed by atoms with Crippen LogP contribution >= 0.6 is 23.5 Å². The predicted molar refractivity (Wildman–Crippen MR) is 134 cm³/mol. The number of aliphatic imine (C=N–C) groups is 1. The summed E-state index contributed by atoms with van der Waals surface area (Å²) in [7, 11) is 1.87. The van der Waals surface area contributed by atoms with Crippen LogP contribution < -0.4 is 15.6 Å². The van der Waals surface area contributed by atoms with Crippen molar-refractivity contribution in [2.45, 2.75) is 31.9 Å². The molecule has 4 nitrogen and oxygen atoms in total. The summed E-state index contributed by atoms with van der Waals surface area (Å²) >= 11 is 3.39. The van der Waals surface area contributed by atoms with E-state index in [9.17, 15) is 0 Å². The molecule has 3 rings (SSSR count). The molecule has 2 aromatic carbocycles. The van der Waals surface area contributed by atoms with Crippen molar-refractivity contribution in [3.63, 3.8) is 0 Å². The SMILES string of the molecule is CSC(=Nc1ccc(OC2=CCCCC=C2)cc1)SCc1c(C)cccc1N(C)N. The van der Waals surface area contributed by atoms with Crippen molar-refractivity contribution in [2.24, 2.45) is 10.8 Å². The van der Waals surface area contributed by atoms with Gasteiger partial charge in [0.2, 0.25) is 0 Å². The van der Waals surface area contributed by atoms with Crippen molar-refractivity contribution in [3.05, 3.63) is 77.6 Å². The van der Waals surface area contributed by atoms with Crippen LogP contribution in [0.3, 0.4) is 0 Å². The van der Waals surface area contributed by atoms with Gasteiger partial charge in [-0.05, 0) is 86.1 Å². The van der Waals surface area contributed by atoms with Crippen LogP contribution in [0.25, 0.3) is 0 Å². The quantitative estimate of drug-likeness (QED) is 0.238. The first-order valence-electron chi connectivity index (χ1n) is 10.0. The molecule has 0 spiro atoms. The number of rotatable bonds is 6. The third-order valence-electron chi connectivity index (χ3n) is 4.78. The van der Waals surface area contributed by atoms with Crippen molar-refractivity contribution in [2.75, 3.05) is 18.3 Å². The summed E-state index contributed by atoms with van der Waals surface area (Å²) in [5.41, 5.74) is 4.45. The van der Waals surface area contributed by atoms with E-state index in [4.69, 9.17) is 15.6 Å². The average Bonchev–Trinajstić information content (AvgIpc) is 3.01. The summed E-state index contributed by atoms with van der Waals surface area (Å²) in [6, 6.07) is 14.2. The number of ether oxygens (including phenoxy) is 1. The maximum atomic E-state index is 6.00. The maximum absolute atomic E-state index is 6.00. The van der Waals surface area contributed by atoms with E-state index in [-0.39, 0.29) is 0 Å². The fraction of sp³-hybridized carbons (Fsp3) is 0.292. The smallest absolute Gasteiger partial charge is 0.130 e. The molecular formula is C24H29N3OS2. The molecule has 158 valence electrons. The Morgan fingerprint density at radius 1 is 1.17 bits per heavy atom. The average molecular weight is 440 g/mol. The molecule has 0 amide bonds. The van der Waals surface area contributed by atoms with Crippen molar-refractivity contribution in [1.29, 1.82) is 0 Å². The fourth-order valence-electron chi connectivity index (χ4n) is 3.13. The number of nitrogens with zero attached hydrogens (tertiary/aromatic N) is 2. The third kappa shape index (κ3) is 6.42. The molecule has 0 atom stereocenters. The number of benzene rings is 2. The third-order valence-corrected chi connectivity index (χ3v) is 6.84. The molecule has 1 aliphatic carbocycles. The summed E-state index contributed by atoms with van der Waals surface area (Å²) in [4.78, 5) is 4.81. The van der Waals surface area contributed by atoms with E-state index in [1.54, 1.807) is 28.5 Å². The number of hydrogen-bond donors (Lipinski definition) is 1. The minimum atomic E-state index is 0.824. The number of allylic oxidation sites excluding steroid dienone is 3. The molecule has 0 saturated heterocycles. The second-order valence-electron chi connectivity index (χ2n) is 7.09. The van der Waals surface area contributed by atoms with Gasteiger partial charge in [0.05, 0.1) is 11.4 Å². The van der Waals surface area contributed by atoms with Crippen LogP contribution in [0.15, 0.2) is 71.4 Å². The van der Waals surface area contributed by atoms with Crippen LogP contribution in [0.5, 0.6) is 5.75 Å². The first-order chi connectivity index (χ1) is 14.6. The predicted octanol–water partition coefficient (Wildman–Crippen LogP) is 6.59. The normalized spacial score (nSPS) is 14.3. The Balaban J connectivity index is 1.67. The lowest BCUT2D eigenvalue weighted by Gasteiger charge is -2.18. The van der Waals surface area contributed by atoms with Gasteiger partial charge in [0.15, 0.2) is 0 Å². The van der Waals surface area contributed by atoms with E-state index < -0.39 is 0 Å². The standard InChI is InChI=1S/C24H29N3OS2/c1-18-9-8-12-23(27(2)25)22(18)17-30-24(29-3)26-19-13-15-21(16-14-19)28-20-10-6-4-5-7-11-20/h6,8-16H,4-5,7,17,25H2,1-3H3. The van der Waals surface area contributed by atoms with E-state index in [0.29, 0.717) is 0 Å². The molecule has 0 saturated carbocycles. The van der Waals surface area contributed by atoms with Crippen LogP contribution in [-0.2, 0) is 5.75 Å². The summed E-state index contributed by atoms with van der Waals surface area (Å²) in [6.45, 7) is 2.12. The van der Waals surface area contributed by atoms with E-state index >= 15 is 0 Å². The monoisotopic (exact) mass is 439 g/mol. The van der Waals surface area contributed by atoms with Crippen LogP contribution in [0.1, 0.15) is 30.4 Å². The molecule has 0 aliphatic heterocycles. The molecule has 0 bridgehead atoms. The van der Waals surface area contributed by atoms with Gasteiger partial charge in [-0.2, -0.15) is 0 Å². The van der Waals surface area contributed by atoms with Gasteiger partial charge in [0.25, 0.3) is 0 Å². The Morgan fingerprint density at radius 2 is 1.97 bits per heavy atom. The molecule has 2 aromatic rings. The van der Waals surface area contributed by atoms with Gasteiger partial charge in [-0.1, -0.05) is 30.0 Å². The first kappa shape index (κ1) is 22.5. The van der Waals surface area contributed by atoms with E-state index in [0.717, 1.165) is 45.9 Å². The Hall–Kier alpha value is -2.15. The number of thioether (sulfide) groups is 2. The largest absolute Gasteiger partial charge is 0.458 e. The molecule has 2 N–H and O–H groups in total. The summed E-state index contributed by atoms with van der Waals surface area (Å²) in [5.74, 6) is 8.58. The van der Waals surface area contributed by atoms with Crippen LogP contribution in [0.2, 0.25) is 0 Å². The highest BCUT2D eigenvalue weighted by atomic mass is 32.2. The highest BCUT2D eigenvalue weighted by Crippen LogP contribution is 2.30. The van der Waals surface area contributed by atoms with E-state index in [2.05, 4.69) is 43.5 Å². The number of anilines is 1. The summed E-state index contributed by atoms with van der Waals surface area (Å²) < 4.78 is 6.99. The number of aryl methyl sites for hydroxylation is 1. The van der Waals surface area contributed by atoms with Gasteiger partial charge in [-0.15, -0.1) is 11.8 Å². The van der Waals surface area contributed by atoms with Crippen LogP contribution in [-0.4, -0.2) is 17.7 Å². The van der Waals surface area contributed by atoms with Gasteiger partial charge < -0.3 is 9.75 Å².